The first-order valence-corrected chi connectivity index (χ1v) is 10.9. The standard InChI is InChI=1S/C18H26O2Si/c1-18(2,3)20-17(19)12-11-15-7-9-16(10-8-15)13-14-21(4,5)6/h7-10H,11-12H2,1-6H3. The number of benzene rings is 1. The highest BCUT2D eigenvalue weighted by Gasteiger charge is 2.15. The lowest BCUT2D eigenvalue weighted by molar-refractivity contribution is -0.154. The molecule has 0 aliphatic heterocycles. The Labute approximate surface area is 129 Å². The van der Waals surface area contributed by atoms with Crippen LogP contribution < -0.4 is 0 Å². The van der Waals surface area contributed by atoms with Gasteiger partial charge in [0.15, 0.2) is 0 Å². The second kappa shape index (κ2) is 6.95. The molecule has 21 heavy (non-hydrogen) atoms. The van der Waals surface area contributed by atoms with Crippen molar-refractivity contribution in [2.24, 2.45) is 0 Å². The highest BCUT2D eigenvalue weighted by molar-refractivity contribution is 6.83. The SMILES string of the molecule is CC(C)(C)OC(=O)CCc1ccc(C#C[Si](C)(C)C)cc1. The van der Waals surface area contributed by atoms with Crippen LogP contribution in [0.15, 0.2) is 24.3 Å². The molecule has 0 bridgehead atoms. The summed E-state index contributed by atoms with van der Waals surface area (Å²) in [4.78, 5) is 11.7. The summed E-state index contributed by atoms with van der Waals surface area (Å²) in [5.74, 6) is 3.08. The minimum atomic E-state index is -1.33. The Morgan fingerprint density at radius 2 is 1.71 bits per heavy atom. The molecule has 3 heteroatoms. The lowest BCUT2D eigenvalue weighted by Gasteiger charge is -2.19. The first kappa shape index (κ1) is 17.5. The maximum absolute atomic E-state index is 11.7. The summed E-state index contributed by atoms with van der Waals surface area (Å²) in [6.45, 7) is 12.4. The lowest BCUT2D eigenvalue weighted by atomic mass is 10.1. The Morgan fingerprint density at radius 3 is 2.19 bits per heavy atom. The summed E-state index contributed by atoms with van der Waals surface area (Å²) >= 11 is 0. The molecule has 114 valence electrons. The number of carbonyl (C=O) groups excluding carboxylic acids is 1. The van der Waals surface area contributed by atoms with Crippen molar-refractivity contribution in [2.75, 3.05) is 0 Å². The number of rotatable bonds is 3. The van der Waals surface area contributed by atoms with E-state index in [1.165, 1.54) is 0 Å². The van der Waals surface area contributed by atoms with Gasteiger partial charge in [-0.25, -0.2) is 0 Å². The van der Waals surface area contributed by atoms with Crippen molar-refractivity contribution in [1.29, 1.82) is 0 Å². The second-order valence-electron chi connectivity index (χ2n) is 7.28. The van der Waals surface area contributed by atoms with Gasteiger partial charge in [-0.3, -0.25) is 4.79 Å². The minimum absolute atomic E-state index is 0.148. The van der Waals surface area contributed by atoms with Crippen molar-refractivity contribution in [2.45, 2.75) is 58.9 Å². The zero-order valence-electron chi connectivity index (χ0n) is 14.0. The third-order valence-electron chi connectivity index (χ3n) is 2.57. The van der Waals surface area contributed by atoms with E-state index in [-0.39, 0.29) is 5.97 Å². The molecular formula is C18H26O2Si. The van der Waals surface area contributed by atoms with Crippen LogP contribution in [0.4, 0.5) is 0 Å². The summed E-state index contributed by atoms with van der Waals surface area (Å²) in [5, 5.41) is 0. The van der Waals surface area contributed by atoms with Crippen LogP contribution >= 0.6 is 0 Å². The van der Waals surface area contributed by atoms with Crippen molar-refractivity contribution >= 4 is 14.0 Å². The maximum atomic E-state index is 11.7. The van der Waals surface area contributed by atoms with Crippen LogP contribution in [0, 0.1) is 11.5 Å². The average molecular weight is 302 g/mol. The molecule has 0 spiro atoms. The van der Waals surface area contributed by atoms with E-state index in [0.717, 1.165) is 11.1 Å². The van der Waals surface area contributed by atoms with Crippen LogP contribution in [0.3, 0.4) is 0 Å². The van der Waals surface area contributed by atoms with Gasteiger partial charge in [0, 0.05) is 12.0 Å². The normalized spacial score (nSPS) is 11.5. The predicted octanol–water partition coefficient (Wildman–Crippen LogP) is 4.19. The van der Waals surface area contributed by atoms with Crippen LogP contribution in [-0.4, -0.2) is 19.6 Å². The summed E-state index contributed by atoms with van der Waals surface area (Å²) in [6, 6.07) is 8.13. The predicted molar refractivity (Wildman–Crippen MR) is 90.8 cm³/mol. The molecule has 0 unspecified atom stereocenters. The summed E-state index contributed by atoms with van der Waals surface area (Å²) < 4.78 is 5.30. The van der Waals surface area contributed by atoms with E-state index in [0.29, 0.717) is 12.8 Å². The highest BCUT2D eigenvalue weighted by atomic mass is 28.3. The Kier molecular flexibility index (Phi) is 5.80. The molecule has 0 N–H and O–H groups in total. The zero-order chi connectivity index (χ0) is 16.1. The molecule has 2 nitrogen and oxygen atoms in total. The Bertz CT molecular complexity index is 534. The number of hydrogen-bond acceptors (Lipinski definition) is 2. The molecule has 1 aromatic carbocycles. The monoisotopic (exact) mass is 302 g/mol. The molecule has 0 heterocycles. The van der Waals surface area contributed by atoms with Crippen LogP contribution in [0.25, 0.3) is 0 Å². The van der Waals surface area contributed by atoms with E-state index in [1.807, 2.05) is 45.0 Å². The van der Waals surface area contributed by atoms with Crippen molar-refractivity contribution in [3.05, 3.63) is 35.4 Å². The first-order valence-electron chi connectivity index (χ1n) is 7.39. The lowest BCUT2D eigenvalue weighted by Crippen LogP contribution is -2.23. The van der Waals surface area contributed by atoms with E-state index in [1.54, 1.807) is 0 Å². The van der Waals surface area contributed by atoms with Gasteiger partial charge in [0.05, 0.1) is 0 Å². The van der Waals surface area contributed by atoms with Crippen LogP contribution in [0.5, 0.6) is 0 Å². The molecule has 0 saturated carbocycles. The Hall–Kier alpha value is -1.53. The van der Waals surface area contributed by atoms with Crippen molar-refractivity contribution < 1.29 is 9.53 Å². The molecule has 1 rings (SSSR count). The second-order valence-corrected chi connectivity index (χ2v) is 12.0. The summed E-state index contributed by atoms with van der Waals surface area (Å²) in [6.07, 6.45) is 1.12. The number of esters is 1. The van der Waals surface area contributed by atoms with Gasteiger partial charge in [-0.05, 0) is 44.9 Å². The largest absolute Gasteiger partial charge is 0.460 e. The molecule has 0 aliphatic carbocycles. The van der Waals surface area contributed by atoms with Gasteiger partial charge in [0.2, 0.25) is 0 Å². The number of carbonyl (C=O) groups is 1. The average Bonchev–Trinajstić information content (AvgIpc) is 2.32. The number of hydrogen-bond donors (Lipinski definition) is 0. The number of aryl methyl sites for hydroxylation is 1. The molecule has 0 radical (unpaired) electrons. The molecule has 0 fully saturated rings. The van der Waals surface area contributed by atoms with Gasteiger partial charge in [-0.1, -0.05) is 37.7 Å². The fraction of sp³-hybridized carbons (Fsp3) is 0.500. The molecule has 0 aromatic heterocycles. The topological polar surface area (TPSA) is 26.3 Å². The molecule has 0 saturated heterocycles. The molecule has 0 aliphatic rings. The van der Waals surface area contributed by atoms with E-state index in [2.05, 4.69) is 31.1 Å². The van der Waals surface area contributed by atoms with Gasteiger partial charge >= 0.3 is 5.97 Å². The van der Waals surface area contributed by atoms with Gasteiger partial charge in [0.25, 0.3) is 0 Å². The van der Waals surface area contributed by atoms with Crippen LogP contribution in [0.1, 0.15) is 38.3 Å². The number of ether oxygens (including phenoxy) is 1. The zero-order valence-corrected chi connectivity index (χ0v) is 15.0. The van der Waals surface area contributed by atoms with Crippen molar-refractivity contribution in [3.8, 4) is 11.5 Å². The van der Waals surface area contributed by atoms with Crippen molar-refractivity contribution in [3.63, 3.8) is 0 Å². The van der Waals surface area contributed by atoms with E-state index in [9.17, 15) is 4.79 Å². The fourth-order valence-corrected chi connectivity index (χ4v) is 2.17. The molecule has 0 amide bonds. The van der Waals surface area contributed by atoms with E-state index >= 15 is 0 Å². The smallest absolute Gasteiger partial charge is 0.306 e. The maximum Gasteiger partial charge on any atom is 0.306 e. The van der Waals surface area contributed by atoms with Crippen LogP contribution in [0.2, 0.25) is 19.6 Å². The third kappa shape index (κ3) is 8.36. The molecule has 1 aromatic rings. The quantitative estimate of drug-likeness (QED) is 0.475. The van der Waals surface area contributed by atoms with Gasteiger partial charge in [-0.15, -0.1) is 5.54 Å². The molecule has 0 atom stereocenters. The minimum Gasteiger partial charge on any atom is -0.460 e. The van der Waals surface area contributed by atoms with E-state index in [4.69, 9.17) is 4.74 Å². The van der Waals surface area contributed by atoms with Crippen molar-refractivity contribution in [1.82, 2.24) is 0 Å². The summed E-state index contributed by atoms with van der Waals surface area (Å²) in [7, 11) is -1.33. The molecular weight excluding hydrogens is 276 g/mol. The summed E-state index contributed by atoms with van der Waals surface area (Å²) in [5.41, 5.74) is 5.12. The fourth-order valence-electron chi connectivity index (χ4n) is 1.65. The Balaban J connectivity index is 2.55. The van der Waals surface area contributed by atoms with Gasteiger partial charge in [-0.2, -0.15) is 0 Å². The third-order valence-corrected chi connectivity index (χ3v) is 3.45. The highest BCUT2D eigenvalue weighted by Crippen LogP contribution is 2.11. The first-order chi connectivity index (χ1) is 9.55. The van der Waals surface area contributed by atoms with Gasteiger partial charge < -0.3 is 4.74 Å². The van der Waals surface area contributed by atoms with E-state index < -0.39 is 13.7 Å². The Morgan fingerprint density at radius 1 is 1.14 bits per heavy atom. The van der Waals surface area contributed by atoms with Gasteiger partial charge in [0.1, 0.15) is 13.7 Å². The van der Waals surface area contributed by atoms with Crippen LogP contribution in [-0.2, 0) is 16.0 Å².